The summed E-state index contributed by atoms with van der Waals surface area (Å²) in [6, 6.07) is 3.44. The Kier molecular flexibility index (Phi) is 2.95. The fourth-order valence-electron chi connectivity index (χ4n) is 1.68. The van der Waals surface area contributed by atoms with Crippen LogP contribution in [0, 0.1) is 5.92 Å². The van der Waals surface area contributed by atoms with Gasteiger partial charge in [-0.25, -0.2) is 0 Å². The largest absolute Gasteiger partial charge is 0.413 e. The summed E-state index contributed by atoms with van der Waals surface area (Å²) in [7, 11) is 0. The molecule has 1 nitrogen and oxygen atoms in total. The average molecular weight is 258 g/mol. The van der Waals surface area contributed by atoms with Crippen LogP contribution in [-0.2, 0) is 4.79 Å². The summed E-state index contributed by atoms with van der Waals surface area (Å²) in [4.78, 5) is 12.2. The van der Waals surface area contributed by atoms with E-state index in [1.54, 1.807) is 17.5 Å². The monoisotopic (exact) mass is 258 g/mol. The molecule has 0 saturated carbocycles. The molecule has 1 unspecified atom stereocenters. The van der Waals surface area contributed by atoms with Crippen molar-refractivity contribution < 1.29 is 18.0 Å². The first-order valence-electron chi connectivity index (χ1n) is 4.98. The SMILES string of the molecule is CC1C(=O)C=C(c2cccs2)C=C1C(F)(F)F. The van der Waals surface area contributed by atoms with Crippen molar-refractivity contribution in [2.24, 2.45) is 5.92 Å². The highest BCUT2D eigenvalue weighted by atomic mass is 32.1. The first kappa shape index (κ1) is 12.1. The molecule has 17 heavy (non-hydrogen) atoms. The molecular weight excluding hydrogens is 249 g/mol. The van der Waals surface area contributed by atoms with Crippen LogP contribution < -0.4 is 0 Å². The molecule has 1 aliphatic carbocycles. The molecule has 0 saturated heterocycles. The lowest BCUT2D eigenvalue weighted by Crippen LogP contribution is -2.25. The number of thiophene rings is 1. The molecule has 1 atom stereocenters. The number of ketones is 1. The zero-order valence-electron chi connectivity index (χ0n) is 8.91. The van der Waals surface area contributed by atoms with Crippen LogP contribution in [0.4, 0.5) is 13.2 Å². The number of carbonyl (C=O) groups is 1. The molecule has 1 aliphatic rings. The molecule has 0 aromatic carbocycles. The van der Waals surface area contributed by atoms with Crippen LogP contribution in [0.5, 0.6) is 0 Å². The third-order valence-electron chi connectivity index (χ3n) is 2.64. The van der Waals surface area contributed by atoms with Gasteiger partial charge in [-0.3, -0.25) is 4.79 Å². The number of halogens is 3. The normalized spacial score (nSPS) is 21.2. The van der Waals surface area contributed by atoms with Gasteiger partial charge < -0.3 is 0 Å². The average Bonchev–Trinajstić information content (AvgIpc) is 2.73. The summed E-state index contributed by atoms with van der Waals surface area (Å²) in [5.74, 6) is -1.61. The minimum absolute atomic E-state index is 0.343. The van der Waals surface area contributed by atoms with E-state index in [9.17, 15) is 18.0 Å². The molecule has 0 fully saturated rings. The van der Waals surface area contributed by atoms with E-state index in [4.69, 9.17) is 0 Å². The van der Waals surface area contributed by atoms with Gasteiger partial charge in [-0.2, -0.15) is 13.2 Å². The van der Waals surface area contributed by atoms with Crippen molar-refractivity contribution in [1.82, 2.24) is 0 Å². The van der Waals surface area contributed by atoms with Crippen LogP contribution >= 0.6 is 11.3 Å². The van der Waals surface area contributed by atoms with E-state index in [1.807, 2.05) is 0 Å². The zero-order chi connectivity index (χ0) is 12.6. The molecule has 5 heteroatoms. The van der Waals surface area contributed by atoms with Gasteiger partial charge in [-0.1, -0.05) is 13.0 Å². The molecule has 1 aromatic heterocycles. The van der Waals surface area contributed by atoms with Crippen molar-refractivity contribution in [2.75, 3.05) is 0 Å². The maximum absolute atomic E-state index is 12.7. The minimum Gasteiger partial charge on any atom is -0.294 e. The van der Waals surface area contributed by atoms with Gasteiger partial charge in [-0.05, 0) is 29.2 Å². The van der Waals surface area contributed by atoms with Crippen molar-refractivity contribution in [3.8, 4) is 0 Å². The van der Waals surface area contributed by atoms with Crippen molar-refractivity contribution in [2.45, 2.75) is 13.1 Å². The number of carbonyl (C=O) groups excluding carboxylic acids is 1. The Labute approximate surface area is 100 Å². The number of alkyl halides is 3. The van der Waals surface area contributed by atoms with E-state index < -0.39 is 23.5 Å². The maximum atomic E-state index is 12.7. The Morgan fingerprint density at radius 1 is 1.29 bits per heavy atom. The van der Waals surface area contributed by atoms with E-state index in [0.29, 0.717) is 10.5 Å². The second-order valence-electron chi connectivity index (χ2n) is 3.80. The highest BCUT2D eigenvalue weighted by Gasteiger charge is 2.40. The Balaban J connectivity index is 2.46. The summed E-state index contributed by atoms with van der Waals surface area (Å²) >= 11 is 1.31. The molecule has 0 spiro atoms. The Morgan fingerprint density at radius 3 is 2.53 bits per heavy atom. The highest BCUT2D eigenvalue weighted by Crippen LogP contribution is 2.38. The summed E-state index contributed by atoms with van der Waals surface area (Å²) < 4.78 is 38.2. The third kappa shape index (κ3) is 2.34. The van der Waals surface area contributed by atoms with E-state index >= 15 is 0 Å². The van der Waals surface area contributed by atoms with Crippen molar-refractivity contribution in [1.29, 1.82) is 0 Å². The summed E-state index contributed by atoms with van der Waals surface area (Å²) in [6.07, 6.45) is -2.10. The van der Waals surface area contributed by atoms with E-state index in [1.165, 1.54) is 24.3 Å². The first-order valence-corrected chi connectivity index (χ1v) is 5.86. The van der Waals surface area contributed by atoms with Crippen molar-refractivity contribution in [3.05, 3.63) is 40.1 Å². The van der Waals surface area contributed by atoms with Gasteiger partial charge in [0.2, 0.25) is 0 Å². The van der Waals surface area contributed by atoms with Crippen LogP contribution in [0.1, 0.15) is 11.8 Å². The molecule has 90 valence electrons. The Morgan fingerprint density at radius 2 is 2.00 bits per heavy atom. The number of hydrogen-bond acceptors (Lipinski definition) is 2. The van der Waals surface area contributed by atoms with Crippen LogP contribution in [0.2, 0.25) is 0 Å². The van der Waals surface area contributed by atoms with E-state index in [0.717, 1.165) is 6.08 Å². The molecule has 1 heterocycles. The van der Waals surface area contributed by atoms with Gasteiger partial charge in [0.25, 0.3) is 0 Å². The Hall–Kier alpha value is -1.36. The van der Waals surface area contributed by atoms with Crippen LogP contribution in [-0.4, -0.2) is 12.0 Å². The summed E-state index contributed by atoms with van der Waals surface area (Å²) in [6.45, 7) is 1.28. The minimum atomic E-state index is -4.45. The smallest absolute Gasteiger partial charge is 0.294 e. The third-order valence-corrected chi connectivity index (χ3v) is 3.55. The second-order valence-corrected chi connectivity index (χ2v) is 4.75. The Bertz CT molecular complexity index is 494. The van der Waals surface area contributed by atoms with E-state index in [2.05, 4.69) is 0 Å². The first-order chi connectivity index (χ1) is 7.89. The quantitative estimate of drug-likeness (QED) is 0.748. The van der Waals surface area contributed by atoms with Gasteiger partial charge in [0.05, 0.1) is 0 Å². The van der Waals surface area contributed by atoms with Crippen LogP contribution in [0.25, 0.3) is 5.57 Å². The molecule has 0 radical (unpaired) electrons. The van der Waals surface area contributed by atoms with Crippen molar-refractivity contribution >= 4 is 22.7 Å². The lowest BCUT2D eigenvalue weighted by Gasteiger charge is -2.21. The van der Waals surface area contributed by atoms with Gasteiger partial charge in [0, 0.05) is 16.4 Å². The number of rotatable bonds is 1. The summed E-state index contributed by atoms with van der Waals surface area (Å²) in [5, 5.41) is 1.76. The summed E-state index contributed by atoms with van der Waals surface area (Å²) in [5.41, 5.74) is -0.427. The zero-order valence-corrected chi connectivity index (χ0v) is 9.73. The fraction of sp³-hybridized carbons (Fsp3) is 0.250. The lowest BCUT2D eigenvalue weighted by atomic mass is 9.88. The van der Waals surface area contributed by atoms with Crippen molar-refractivity contribution in [3.63, 3.8) is 0 Å². The topological polar surface area (TPSA) is 17.1 Å². The van der Waals surface area contributed by atoms with Gasteiger partial charge in [-0.15, -0.1) is 11.3 Å². The lowest BCUT2D eigenvalue weighted by molar-refractivity contribution is -0.124. The second kappa shape index (κ2) is 4.14. The molecule has 0 aliphatic heterocycles. The highest BCUT2D eigenvalue weighted by molar-refractivity contribution is 7.11. The molecule has 0 amide bonds. The van der Waals surface area contributed by atoms with Gasteiger partial charge >= 0.3 is 6.18 Å². The maximum Gasteiger partial charge on any atom is 0.413 e. The predicted molar refractivity (Wildman–Crippen MR) is 60.6 cm³/mol. The molecular formula is C12H9F3OS. The molecule has 0 bridgehead atoms. The molecule has 2 rings (SSSR count). The number of allylic oxidation sites excluding steroid dienone is 4. The fourth-order valence-corrected chi connectivity index (χ4v) is 2.39. The van der Waals surface area contributed by atoms with Gasteiger partial charge in [0.1, 0.15) is 0 Å². The van der Waals surface area contributed by atoms with Crippen LogP contribution in [0.15, 0.2) is 35.2 Å². The number of hydrogen-bond donors (Lipinski definition) is 0. The van der Waals surface area contributed by atoms with Crippen LogP contribution in [0.3, 0.4) is 0 Å². The molecule has 0 N–H and O–H groups in total. The predicted octanol–water partition coefficient (Wildman–Crippen LogP) is 3.84. The van der Waals surface area contributed by atoms with Gasteiger partial charge in [0.15, 0.2) is 5.78 Å². The van der Waals surface area contributed by atoms with E-state index in [-0.39, 0.29) is 0 Å². The standard InChI is InChI=1S/C12H9F3OS/c1-7-9(12(13,14)15)5-8(6-10(7)16)11-3-2-4-17-11/h2-7H,1H3. The molecule has 1 aromatic rings.